The number of ketones is 1. The maximum absolute atomic E-state index is 12.4. The van der Waals surface area contributed by atoms with E-state index >= 15 is 0 Å². The molecule has 1 aliphatic rings. The Labute approximate surface area is 240 Å². The van der Waals surface area contributed by atoms with E-state index in [1.54, 1.807) is 24.4 Å². The minimum absolute atomic E-state index is 0.000984. The standard InChI is InChI=1S/C26H23N5O8S2/c1-38-19-8-13-21(40-25(27-13)17(32)3-5-23(34)35)7-12(19)15-11-31(30-29-15)16-10-22-14(9-20(16)39-2)28-26(41-22)18(33)4-6-24(36)37/h7-11,28,33H,3-6H2,1-2H3,(H,34,35)(H,36,37)/b26-18-. The normalized spacial score (nSPS) is 13.5. The van der Waals surface area contributed by atoms with Gasteiger partial charge in [-0.05, 0) is 12.1 Å². The number of aliphatic hydroxyl groups excluding tert-OH is 1. The highest BCUT2D eigenvalue weighted by Gasteiger charge is 2.24. The van der Waals surface area contributed by atoms with Crippen molar-refractivity contribution in [2.24, 2.45) is 0 Å². The van der Waals surface area contributed by atoms with E-state index in [1.807, 2.05) is 6.07 Å². The first-order valence-electron chi connectivity index (χ1n) is 12.1. The summed E-state index contributed by atoms with van der Waals surface area (Å²) in [5.41, 5.74) is 2.91. The van der Waals surface area contributed by atoms with Gasteiger partial charge in [0.05, 0.1) is 49.2 Å². The fourth-order valence-electron chi connectivity index (χ4n) is 4.08. The first kappa shape index (κ1) is 27.9. The van der Waals surface area contributed by atoms with Crippen molar-refractivity contribution >= 4 is 56.7 Å². The van der Waals surface area contributed by atoms with E-state index in [4.69, 9.17) is 19.7 Å². The average Bonchev–Trinajstić information content (AvgIpc) is 3.70. The van der Waals surface area contributed by atoms with Crippen LogP contribution in [-0.4, -0.2) is 67.2 Å². The van der Waals surface area contributed by atoms with Gasteiger partial charge in [-0.15, -0.1) is 16.4 Å². The minimum atomic E-state index is -1.05. The molecular weight excluding hydrogens is 574 g/mol. The molecule has 2 aromatic heterocycles. The predicted octanol–water partition coefficient (Wildman–Crippen LogP) is 4.72. The molecule has 0 unspecified atom stereocenters. The Morgan fingerprint density at radius 1 is 0.951 bits per heavy atom. The van der Waals surface area contributed by atoms with E-state index in [0.717, 1.165) is 16.2 Å². The van der Waals surface area contributed by atoms with Gasteiger partial charge in [0.1, 0.15) is 33.7 Å². The third-order valence-electron chi connectivity index (χ3n) is 6.11. The topological polar surface area (TPSA) is 186 Å². The van der Waals surface area contributed by atoms with Crippen LogP contribution >= 0.6 is 23.1 Å². The summed E-state index contributed by atoms with van der Waals surface area (Å²) in [6.07, 6.45) is 1.10. The Kier molecular flexibility index (Phi) is 7.81. The van der Waals surface area contributed by atoms with Crippen molar-refractivity contribution < 1.29 is 39.2 Å². The number of aliphatic carboxylic acids is 2. The largest absolute Gasteiger partial charge is 0.510 e. The second-order valence-electron chi connectivity index (χ2n) is 8.82. The molecule has 0 aliphatic carbocycles. The Morgan fingerprint density at radius 2 is 1.68 bits per heavy atom. The second kappa shape index (κ2) is 11.5. The maximum Gasteiger partial charge on any atom is 0.303 e. The second-order valence-corrected chi connectivity index (χ2v) is 10.9. The molecule has 0 amide bonds. The lowest BCUT2D eigenvalue weighted by atomic mass is 10.1. The zero-order valence-electron chi connectivity index (χ0n) is 21.7. The average molecular weight is 598 g/mol. The van der Waals surface area contributed by atoms with Gasteiger partial charge in [0.15, 0.2) is 10.8 Å². The van der Waals surface area contributed by atoms with Crippen molar-refractivity contribution in [3.05, 3.63) is 46.3 Å². The number of aromatic nitrogens is 4. The highest BCUT2D eigenvalue weighted by atomic mass is 32.2. The Morgan fingerprint density at radius 3 is 2.39 bits per heavy atom. The van der Waals surface area contributed by atoms with E-state index in [2.05, 4.69) is 20.6 Å². The molecule has 4 aromatic rings. The Balaban J connectivity index is 1.46. The van der Waals surface area contributed by atoms with Crippen LogP contribution in [0, 0.1) is 0 Å². The number of hydrogen-bond acceptors (Lipinski definition) is 12. The van der Waals surface area contributed by atoms with Crippen LogP contribution in [0.15, 0.2) is 46.1 Å². The molecule has 0 bridgehead atoms. The lowest BCUT2D eigenvalue weighted by Gasteiger charge is -2.10. The van der Waals surface area contributed by atoms with Crippen molar-refractivity contribution in [3.8, 4) is 28.4 Å². The van der Waals surface area contributed by atoms with Crippen LogP contribution in [-0.2, 0) is 9.59 Å². The molecule has 13 nitrogen and oxygen atoms in total. The van der Waals surface area contributed by atoms with Crippen molar-refractivity contribution in [2.45, 2.75) is 30.6 Å². The Bertz CT molecular complexity index is 1730. The lowest BCUT2D eigenvalue weighted by molar-refractivity contribution is -0.138. The number of thiazole rings is 1. The molecule has 3 heterocycles. The van der Waals surface area contributed by atoms with E-state index in [-0.39, 0.29) is 42.2 Å². The number of allylic oxidation sites excluding steroid dienone is 1. The molecule has 0 spiro atoms. The predicted molar refractivity (Wildman–Crippen MR) is 150 cm³/mol. The maximum atomic E-state index is 12.4. The molecule has 0 saturated carbocycles. The Hall–Kier alpha value is -4.63. The minimum Gasteiger partial charge on any atom is -0.510 e. The molecule has 41 heavy (non-hydrogen) atoms. The van der Waals surface area contributed by atoms with E-state index < -0.39 is 11.9 Å². The molecule has 15 heteroatoms. The number of aliphatic hydroxyl groups is 1. The fourth-order valence-corrected chi connectivity index (χ4v) is 6.02. The first-order chi connectivity index (χ1) is 19.7. The zero-order valence-corrected chi connectivity index (χ0v) is 23.3. The summed E-state index contributed by atoms with van der Waals surface area (Å²) in [6.45, 7) is 0. The number of anilines is 1. The van der Waals surface area contributed by atoms with Gasteiger partial charge in [-0.2, -0.15) is 0 Å². The number of carbonyl (C=O) groups is 3. The van der Waals surface area contributed by atoms with Crippen LogP contribution in [0.5, 0.6) is 11.5 Å². The van der Waals surface area contributed by atoms with Crippen LogP contribution < -0.4 is 14.8 Å². The molecule has 5 rings (SSSR count). The number of Topliss-reactive ketones (excluding diaryl/α,β-unsaturated/α-hetero) is 1. The quantitative estimate of drug-likeness (QED) is 0.138. The summed E-state index contributed by atoms with van der Waals surface area (Å²) in [5.74, 6) is -1.49. The summed E-state index contributed by atoms with van der Waals surface area (Å²) >= 11 is 2.43. The van der Waals surface area contributed by atoms with Crippen LogP contribution in [0.4, 0.5) is 5.69 Å². The first-order valence-corrected chi connectivity index (χ1v) is 13.8. The number of benzene rings is 2. The van der Waals surface area contributed by atoms with Crippen LogP contribution in [0.25, 0.3) is 27.2 Å². The molecule has 0 fully saturated rings. The highest BCUT2D eigenvalue weighted by Crippen LogP contribution is 2.46. The van der Waals surface area contributed by atoms with Crippen molar-refractivity contribution in [1.82, 2.24) is 20.0 Å². The van der Waals surface area contributed by atoms with Crippen LogP contribution in [0.3, 0.4) is 0 Å². The number of thioether (sulfide) groups is 1. The van der Waals surface area contributed by atoms with Gasteiger partial charge in [0.25, 0.3) is 0 Å². The zero-order chi connectivity index (χ0) is 29.3. The van der Waals surface area contributed by atoms with Gasteiger partial charge >= 0.3 is 11.9 Å². The van der Waals surface area contributed by atoms with Crippen molar-refractivity contribution in [2.75, 3.05) is 19.5 Å². The molecule has 1 aliphatic heterocycles. The van der Waals surface area contributed by atoms with Gasteiger partial charge in [-0.1, -0.05) is 17.0 Å². The number of carbonyl (C=O) groups excluding carboxylic acids is 1. The van der Waals surface area contributed by atoms with Crippen LogP contribution in [0.2, 0.25) is 0 Å². The number of nitrogens with zero attached hydrogens (tertiary/aromatic N) is 4. The van der Waals surface area contributed by atoms with Gasteiger partial charge in [0.2, 0.25) is 0 Å². The van der Waals surface area contributed by atoms with Gasteiger partial charge in [-0.25, -0.2) is 9.67 Å². The number of carboxylic acid groups (broad SMARTS) is 2. The smallest absolute Gasteiger partial charge is 0.303 e. The molecule has 0 radical (unpaired) electrons. The number of carboxylic acids is 2. The fraction of sp³-hybridized carbons (Fsp3) is 0.231. The summed E-state index contributed by atoms with van der Waals surface area (Å²) in [7, 11) is 3.02. The number of ether oxygens (including phenoxy) is 2. The number of rotatable bonds is 11. The molecule has 2 aromatic carbocycles. The summed E-state index contributed by atoms with van der Waals surface area (Å²) in [4.78, 5) is 39.3. The van der Waals surface area contributed by atoms with Crippen molar-refractivity contribution in [1.29, 1.82) is 0 Å². The van der Waals surface area contributed by atoms with Crippen LogP contribution in [0.1, 0.15) is 35.5 Å². The van der Waals surface area contributed by atoms with E-state index in [0.29, 0.717) is 49.4 Å². The lowest BCUT2D eigenvalue weighted by Crippen LogP contribution is -2.03. The molecule has 4 N–H and O–H groups in total. The van der Waals surface area contributed by atoms with E-state index in [9.17, 15) is 19.5 Å². The molecule has 0 saturated heterocycles. The number of nitrogens with one attached hydrogen (secondary N) is 1. The van der Waals surface area contributed by atoms with Gasteiger partial charge in [-0.3, -0.25) is 14.4 Å². The molecular formula is C26H23N5O8S2. The number of methoxy groups -OCH3 is 2. The molecule has 0 atom stereocenters. The third-order valence-corrected chi connectivity index (χ3v) is 8.27. The molecule has 212 valence electrons. The highest BCUT2D eigenvalue weighted by molar-refractivity contribution is 8.03. The van der Waals surface area contributed by atoms with Gasteiger partial charge in [0, 0.05) is 35.4 Å². The summed E-state index contributed by atoms with van der Waals surface area (Å²) < 4.78 is 13.4. The van der Waals surface area contributed by atoms with Crippen molar-refractivity contribution in [3.63, 3.8) is 0 Å². The monoisotopic (exact) mass is 597 g/mol. The number of hydrogen-bond donors (Lipinski definition) is 4. The summed E-state index contributed by atoms with van der Waals surface area (Å²) in [5, 5.41) is 40.5. The summed E-state index contributed by atoms with van der Waals surface area (Å²) in [6, 6.07) is 7.06. The SMILES string of the molecule is COc1cc2nc(C(=O)CCC(=O)O)sc2cc1-c1cn(-c2cc3c(cc2OC)N/C(=C(/O)CCC(=O)O)S3)nn1. The number of fused-ring (bicyclic) bond motifs is 2. The van der Waals surface area contributed by atoms with E-state index in [1.165, 1.54) is 30.7 Å². The van der Waals surface area contributed by atoms with Gasteiger partial charge < -0.3 is 30.1 Å². The third kappa shape index (κ3) is 5.81.